The fraction of sp³-hybridized carbons (Fsp3) is 0.118. The number of amides is 1. The summed E-state index contributed by atoms with van der Waals surface area (Å²) in [5.41, 5.74) is 3.44. The van der Waals surface area contributed by atoms with E-state index >= 15 is 0 Å². The molecule has 0 aliphatic carbocycles. The molecule has 0 saturated carbocycles. The minimum Gasteiger partial charge on any atom is -0.505 e. The number of carbonyl (C=O) groups is 2. The third kappa shape index (κ3) is 4.98. The maximum absolute atomic E-state index is 13.9. The standard InChI is InChI=1S/C34H25ClN4O5S/c1-19-29(38-15-7-6-10-27(38)36-19)31(40)28-30(21-11-14-24(25(16-21)43-2)44-18-20-8-4-3-5-9-20)39(33(42)32(28)41)34-37-23-13-12-22(35)17-26(23)45-34/h3-17,30,40H,18H2,1-2H3/b31-28+. The summed E-state index contributed by atoms with van der Waals surface area (Å²) in [6, 6.07) is 24.5. The van der Waals surface area contributed by atoms with Crippen LogP contribution in [0.3, 0.4) is 0 Å². The second kappa shape index (κ2) is 11.4. The van der Waals surface area contributed by atoms with Crippen molar-refractivity contribution in [2.24, 2.45) is 0 Å². The van der Waals surface area contributed by atoms with E-state index in [1.54, 1.807) is 66.1 Å². The van der Waals surface area contributed by atoms with E-state index in [4.69, 9.17) is 21.1 Å². The van der Waals surface area contributed by atoms with E-state index in [2.05, 4.69) is 9.97 Å². The number of Topliss-reactive ketones (excluding diaryl/α,β-unsaturated/α-hetero) is 1. The molecule has 224 valence electrons. The van der Waals surface area contributed by atoms with E-state index in [0.29, 0.717) is 51.2 Å². The van der Waals surface area contributed by atoms with Crippen LogP contribution in [0.15, 0.2) is 96.7 Å². The summed E-state index contributed by atoms with van der Waals surface area (Å²) >= 11 is 7.46. The second-order valence-electron chi connectivity index (χ2n) is 10.4. The van der Waals surface area contributed by atoms with Crippen molar-refractivity contribution >= 4 is 61.4 Å². The Labute approximate surface area is 266 Å². The molecular weight excluding hydrogens is 612 g/mol. The number of anilines is 1. The number of hydrogen-bond donors (Lipinski definition) is 1. The van der Waals surface area contributed by atoms with Crippen molar-refractivity contribution in [1.29, 1.82) is 0 Å². The van der Waals surface area contributed by atoms with E-state index < -0.39 is 17.7 Å². The van der Waals surface area contributed by atoms with Crippen LogP contribution in [0, 0.1) is 6.92 Å². The lowest BCUT2D eigenvalue weighted by Gasteiger charge is -2.24. The first-order valence-corrected chi connectivity index (χ1v) is 15.2. The van der Waals surface area contributed by atoms with Crippen molar-refractivity contribution in [3.63, 3.8) is 0 Å². The van der Waals surface area contributed by atoms with Gasteiger partial charge in [-0.3, -0.25) is 18.9 Å². The van der Waals surface area contributed by atoms with Crippen molar-refractivity contribution in [3.05, 3.63) is 124 Å². The average Bonchev–Trinajstić information content (AvgIpc) is 3.70. The maximum Gasteiger partial charge on any atom is 0.301 e. The third-order valence-corrected chi connectivity index (χ3v) is 8.91. The van der Waals surface area contributed by atoms with Crippen molar-refractivity contribution in [3.8, 4) is 11.5 Å². The molecule has 11 heteroatoms. The highest BCUT2D eigenvalue weighted by molar-refractivity contribution is 7.22. The molecule has 4 heterocycles. The van der Waals surface area contributed by atoms with Crippen LogP contribution >= 0.6 is 22.9 Å². The van der Waals surface area contributed by atoms with Crippen LogP contribution in [0.2, 0.25) is 5.02 Å². The fourth-order valence-electron chi connectivity index (χ4n) is 5.57. The molecule has 9 nitrogen and oxygen atoms in total. The summed E-state index contributed by atoms with van der Waals surface area (Å²) in [6.45, 7) is 2.06. The van der Waals surface area contributed by atoms with Crippen LogP contribution < -0.4 is 14.4 Å². The number of aryl methyl sites for hydroxylation is 1. The molecule has 1 amide bonds. The van der Waals surface area contributed by atoms with Crippen LogP contribution in [-0.2, 0) is 16.2 Å². The van der Waals surface area contributed by atoms with E-state index in [1.807, 2.05) is 36.4 Å². The number of benzene rings is 3. The number of hydrogen-bond acceptors (Lipinski definition) is 8. The third-order valence-electron chi connectivity index (χ3n) is 7.66. The molecule has 3 aromatic heterocycles. The highest BCUT2D eigenvalue weighted by atomic mass is 35.5. The summed E-state index contributed by atoms with van der Waals surface area (Å²) in [6.07, 6.45) is 1.74. The molecule has 0 radical (unpaired) electrons. The van der Waals surface area contributed by atoms with Gasteiger partial charge >= 0.3 is 5.91 Å². The number of carbonyl (C=O) groups excluding carboxylic acids is 2. The minimum absolute atomic E-state index is 0.0916. The molecule has 3 aromatic carbocycles. The van der Waals surface area contributed by atoms with Gasteiger partial charge in [0.2, 0.25) is 0 Å². The molecule has 45 heavy (non-hydrogen) atoms. The average molecular weight is 637 g/mol. The van der Waals surface area contributed by atoms with Crippen LogP contribution in [0.5, 0.6) is 11.5 Å². The number of fused-ring (bicyclic) bond motifs is 2. The predicted octanol–water partition coefficient (Wildman–Crippen LogP) is 7.12. The first-order chi connectivity index (χ1) is 21.8. The molecule has 0 spiro atoms. The largest absolute Gasteiger partial charge is 0.505 e. The molecule has 1 unspecified atom stereocenters. The van der Waals surface area contributed by atoms with Crippen LogP contribution in [0.25, 0.3) is 21.6 Å². The number of rotatable bonds is 7. The zero-order chi connectivity index (χ0) is 31.2. The van der Waals surface area contributed by atoms with E-state index in [-0.39, 0.29) is 16.5 Å². The Morgan fingerprint density at radius 2 is 1.78 bits per heavy atom. The Kier molecular flexibility index (Phi) is 7.23. The zero-order valence-corrected chi connectivity index (χ0v) is 25.7. The minimum atomic E-state index is -1.04. The molecular formula is C34H25ClN4O5S. The van der Waals surface area contributed by atoms with E-state index in [0.717, 1.165) is 10.3 Å². The Balaban J connectivity index is 1.40. The molecule has 1 aliphatic heterocycles. The van der Waals surface area contributed by atoms with Gasteiger partial charge < -0.3 is 14.6 Å². The number of methoxy groups -OCH3 is 1. The van der Waals surface area contributed by atoms with Crippen molar-refractivity contribution in [2.75, 3.05) is 12.0 Å². The maximum atomic E-state index is 13.9. The lowest BCUT2D eigenvalue weighted by Crippen LogP contribution is -2.29. The van der Waals surface area contributed by atoms with Crippen LogP contribution in [0.1, 0.15) is 28.6 Å². The van der Waals surface area contributed by atoms with Gasteiger partial charge in [-0.05, 0) is 60.5 Å². The molecule has 7 rings (SSSR count). The lowest BCUT2D eigenvalue weighted by molar-refractivity contribution is -0.132. The lowest BCUT2D eigenvalue weighted by atomic mass is 9.96. The van der Waals surface area contributed by atoms with Gasteiger partial charge in [0, 0.05) is 11.2 Å². The number of aliphatic hydroxyl groups is 1. The van der Waals surface area contributed by atoms with Crippen molar-refractivity contribution in [2.45, 2.75) is 19.6 Å². The number of aliphatic hydroxyl groups excluding tert-OH is 1. The number of thiazole rings is 1. The molecule has 1 atom stereocenters. The van der Waals surface area contributed by atoms with Gasteiger partial charge in [-0.15, -0.1) is 0 Å². The van der Waals surface area contributed by atoms with E-state index in [1.165, 1.54) is 23.3 Å². The molecule has 1 aliphatic rings. The Hall–Kier alpha value is -5.19. The first kappa shape index (κ1) is 28.6. The van der Waals surface area contributed by atoms with Crippen LogP contribution in [0.4, 0.5) is 5.13 Å². The Morgan fingerprint density at radius 3 is 2.58 bits per heavy atom. The Bertz CT molecular complexity index is 2160. The number of ether oxygens (including phenoxy) is 2. The first-order valence-electron chi connectivity index (χ1n) is 14.0. The van der Waals surface area contributed by atoms with Crippen molar-refractivity contribution < 1.29 is 24.2 Å². The summed E-state index contributed by atoms with van der Waals surface area (Å²) in [7, 11) is 1.52. The fourth-order valence-corrected chi connectivity index (χ4v) is 6.84. The van der Waals surface area contributed by atoms with Gasteiger partial charge in [-0.1, -0.05) is 65.4 Å². The molecule has 1 saturated heterocycles. The topological polar surface area (TPSA) is 106 Å². The second-order valence-corrected chi connectivity index (χ2v) is 11.9. The molecule has 1 N–H and O–H groups in total. The number of pyridine rings is 1. The number of halogens is 1. The summed E-state index contributed by atoms with van der Waals surface area (Å²) in [4.78, 5) is 38.3. The van der Waals surface area contributed by atoms with Gasteiger partial charge in [0.1, 0.15) is 17.9 Å². The smallest absolute Gasteiger partial charge is 0.301 e. The normalized spacial score (nSPS) is 16.2. The summed E-state index contributed by atoms with van der Waals surface area (Å²) < 4.78 is 14.2. The Morgan fingerprint density at radius 1 is 0.978 bits per heavy atom. The number of ketones is 1. The van der Waals surface area contributed by atoms with Gasteiger partial charge in [0.05, 0.1) is 34.6 Å². The highest BCUT2D eigenvalue weighted by Gasteiger charge is 2.49. The summed E-state index contributed by atoms with van der Waals surface area (Å²) in [5, 5.41) is 12.7. The van der Waals surface area contributed by atoms with Gasteiger partial charge in [0.15, 0.2) is 22.4 Å². The molecule has 6 aromatic rings. The monoisotopic (exact) mass is 636 g/mol. The van der Waals surface area contributed by atoms with Gasteiger partial charge in [0.25, 0.3) is 5.78 Å². The summed E-state index contributed by atoms with van der Waals surface area (Å²) in [5.74, 6) is -1.13. The number of aromatic nitrogens is 3. The highest BCUT2D eigenvalue weighted by Crippen LogP contribution is 2.46. The van der Waals surface area contributed by atoms with Gasteiger partial charge in [-0.25, -0.2) is 9.97 Å². The van der Waals surface area contributed by atoms with Crippen molar-refractivity contribution in [1.82, 2.24) is 14.4 Å². The zero-order valence-electron chi connectivity index (χ0n) is 24.1. The molecule has 1 fully saturated rings. The number of nitrogens with zero attached hydrogens (tertiary/aromatic N) is 4. The van der Waals surface area contributed by atoms with E-state index in [9.17, 15) is 14.7 Å². The number of imidazole rings is 1. The van der Waals surface area contributed by atoms with Gasteiger partial charge in [-0.2, -0.15) is 0 Å². The molecule has 0 bridgehead atoms. The quantitative estimate of drug-likeness (QED) is 0.113. The predicted molar refractivity (Wildman–Crippen MR) is 173 cm³/mol. The SMILES string of the molecule is COc1cc(C2/C(=C(\O)c3c(C)nc4ccccn34)C(=O)C(=O)N2c2nc3ccc(Cl)cc3s2)ccc1OCc1ccccc1. The van der Waals surface area contributed by atoms with Crippen LogP contribution in [-0.4, -0.2) is 38.3 Å².